The van der Waals surface area contributed by atoms with Crippen LogP contribution < -0.4 is 0 Å². The molecule has 0 amide bonds. The van der Waals surface area contributed by atoms with Crippen LogP contribution in [0.3, 0.4) is 0 Å². The minimum Gasteiger partial charge on any atom is -0.508 e. The molecule has 0 spiro atoms. The van der Waals surface area contributed by atoms with Crippen LogP contribution in [-0.4, -0.2) is 5.11 Å². The summed E-state index contributed by atoms with van der Waals surface area (Å²) in [7, 11) is 0. The van der Waals surface area contributed by atoms with Crippen LogP contribution in [-0.2, 0) is 0 Å². The maximum absolute atomic E-state index is 9.79. The first-order valence-electron chi connectivity index (χ1n) is 10.9. The van der Waals surface area contributed by atoms with E-state index in [0.29, 0.717) is 11.7 Å². The highest BCUT2D eigenvalue weighted by molar-refractivity contribution is 6.05. The van der Waals surface area contributed by atoms with E-state index in [1.54, 1.807) is 12.1 Å². The van der Waals surface area contributed by atoms with Crippen LogP contribution in [0.15, 0.2) is 91.0 Å². The topological polar surface area (TPSA) is 20.2 Å². The first kappa shape index (κ1) is 19.4. The zero-order chi connectivity index (χ0) is 21.5. The smallest absolute Gasteiger partial charge is 0.115 e. The molecule has 0 heterocycles. The van der Waals surface area contributed by atoms with Gasteiger partial charge in [-0.3, -0.25) is 0 Å². The molecule has 0 aliphatic heterocycles. The van der Waals surface area contributed by atoms with Gasteiger partial charge >= 0.3 is 0 Å². The fourth-order valence-corrected chi connectivity index (χ4v) is 4.72. The number of benzene rings is 5. The lowest BCUT2D eigenvalue weighted by molar-refractivity contribution is 0.475. The largest absolute Gasteiger partial charge is 0.508 e. The van der Waals surface area contributed by atoms with Gasteiger partial charge in [0, 0.05) is 0 Å². The molecule has 0 saturated carbocycles. The Bertz CT molecular complexity index is 1410. The van der Waals surface area contributed by atoms with Gasteiger partial charge in [0.1, 0.15) is 5.75 Å². The number of rotatable bonds is 3. The van der Waals surface area contributed by atoms with Crippen molar-refractivity contribution >= 4 is 21.5 Å². The third-order valence-corrected chi connectivity index (χ3v) is 6.31. The van der Waals surface area contributed by atoms with Gasteiger partial charge in [-0.1, -0.05) is 80.6 Å². The van der Waals surface area contributed by atoms with E-state index in [2.05, 4.69) is 87.5 Å². The molecule has 0 fully saturated rings. The molecule has 0 atom stereocenters. The maximum atomic E-state index is 9.79. The van der Waals surface area contributed by atoms with E-state index in [0.717, 1.165) is 5.56 Å². The number of fused-ring (bicyclic) bond motifs is 2. The van der Waals surface area contributed by atoms with Crippen LogP contribution >= 0.6 is 0 Å². The van der Waals surface area contributed by atoms with Crippen LogP contribution in [0, 0.1) is 6.92 Å². The molecule has 1 nitrogen and oxygen atoms in total. The summed E-state index contributed by atoms with van der Waals surface area (Å²) in [5, 5.41) is 14.9. The summed E-state index contributed by atoms with van der Waals surface area (Å²) in [6.45, 7) is 6.70. The van der Waals surface area contributed by atoms with Crippen molar-refractivity contribution in [2.75, 3.05) is 0 Å². The molecule has 0 saturated heterocycles. The van der Waals surface area contributed by atoms with Gasteiger partial charge in [-0.05, 0) is 92.0 Å². The summed E-state index contributed by atoms with van der Waals surface area (Å²) in [4.78, 5) is 0. The van der Waals surface area contributed by atoms with E-state index in [4.69, 9.17) is 0 Å². The van der Waals surface area contributed by atoms with E-state index in [1.807, 2.05) is 12.1 Å². The molecule has 152 valence electrons. The molecule has 1 heteroatoms. The molecule has 0 aromatic heterocycles. The number of hydrogen-bond donors (Lipinski definition) is 1. The zero-order valence-corrected chi connectivity index (χ0v) is 18.2. The van der Waals surface area contributed by atoms with Crippen LogP contribution in [0.5, 0.6) is 5.75 Å². The molecule has 0 bridgehead atoms. The summed E-state index contributed by atoms with van der Waals surface area (Å²) in [6, 6.07) is 31.9. The second-order valence-corrected chi connectivity index (χ2v) is 8.63. The Balaban J connectivity index is 1.80. The van der Waals surface area contributed by atoms with Crippen LogP contribution in [0.2, 0.25) is 0 Å². The maximum Gasteiger partial charge on any atom is 0.115 e. The molecular formula is C30H26O. The lowest BCUT2D eigenvalue weighted by atomic mass is 9.84. The lowest BCUT2D eigenvalue weighted by Gasteiger charge is -2.20. The first-order chi connectivity index (χ1) is 15.0. The van der Waals surface area contributed by atoms with Gasteiger partial charge in [-0.25, -0.2) is 0 Å². The normalized spacial score (nSPS) is 11.5. The van der Waals surface area contributed by atoms with Crippen molar-refractivity contribution in [1.82, 2.24) is 0 Å². The van der Waals surface area contributed by atoms with Gasteiger partial charge < -0.3 is 5.11 Å². The van der Waals surface area contributed by atoms with Crippen molar-refractivity contribution in [2.24, 2.45) is 0 Å². The molecule has 5 aromatic carbocycles. The molecule has 31 heavy (non-hydrogen) atoms. The van der Waals surface area contributed by atoms with Crippen molar-refractivity contribution in [3.05, 3.63) is 102 Å². The molecule has 5 rings (SSSR count). The minimum atomic E-state index is 0.296. The van der Waals surface area contributed by atoms with Crippen LogP contribution in [0.25, 0.3) is 43.8 Å². The number of hydrogen-bond acceptors (Lipinski definition) is 1. The molecule has 0 unspecified atom stereocenters. The van der Waals surface area contributed by atoms with Gasteiger partial charge in [-0.15, -0.1) is 0 Å². The van der Waals surface area contributed by atoms with Crippen LogP contribution in [0.4, 0.5) is 0 Å². The number of phenolic OH excluding ortho intramolecular Hbond substituents is 1. The zero-order valence-electron chi connectivity index (χ0n) is 18.2. The van der Waals surface area contributed by atoms with Gasteiger partial charge in [0.15, 0.2) is 0 Å². The Morgan fingerprint density at radius 2 is 1.32 bits per heavy atom. The summed E-state index contributed by atoms with van der Waals surface area (Å²) in [5.74, 6) is 0.706. The molecule has 5 aromatic rings. The third kappa shape index (κ3) is 3.37. The number of phenols is 1. The highest BCUT2D eigenvalue weighted by Crippen LogP contribution is 2.40. The Morgan fingerprint density at radius 1 is 0.645 bits per heavy atom. The number of aromatic hydroxyl groups is 1. The summed E-state index contributed by atoms with van der Waals surface area (Å²) in [5.41, 5.74) is 7.54. The van der Waals surface area contributed by atoms with Crippen molar-refractivity contribution < 1.29 is 5.11 Å². The predicted octanol–water partition coefficient (Wildman–Crippen LogP) is 8.46. The molecular weight excluding hydrogens is 376 g/mol. The van der Waals surface area contributed by atoms with Gasteiger partial charge in [0.25, 0.3) is 0 Å². The molecule has 1 N–H and O–H groups in total. The third-order valence-electron chi connectivity index (χ3n) is 6.31. The fourth-order valence-electron chi connectivity index (χ4n) is 4.72. The van der Waals surface area contributed by atoms with Gasteiger partial charge in [-0.2, -0.15) is 0 Å². The van der Waals surface area contributed by atoms with E-state index >= 15 is 0 Å². The van der Waals surface area contributed by atoms with Crippen molar-refractivity contribution in [1.29, 1.82) is 0 Å². The molecule has 0 aliphatic carbocycles. The van der Waals surface area contributed by atoms with E-state index in [1.165, 1.54) is 49.4 Å². The molecule has 0 aliphatic rings. The quantitative estimate of drug-likeness (QED) is 0.300. The van der Waals surface area contributed by atoms with E-state index in [-0.39, 0.29) is 0 Å². The Kier molecular flexibility index (Phi) is 4.75. The average Bonchev–Trinajstić information content (AvgIpc) is 2.78. The fraction of sp³-hybridized carbons (Fsp3) is 0.133. The second kappa shape index (κ2) is 7.59. The van der Waals surface area contributed by atoms with E-state index in [9.17, 15) is 5.11 Å². The average molecular weight is 403 g/mol. The Labute approximate surface area is 183 Å². The first-order valence-corrected chi connectivity index (χ1v) is 10.9. The van der Waals surface area contributed by atoms with Gasteiger partial charge in [0.2, 0.25) is 0 Å². The standard InChI is InChI=1S/C30H26O/c1-19(2)26-15-16-27(20(3)30(26)21-11-13-25(31)14-12-21)28-10-6-9-24-17-22-7-4-5-8-23(22)18-29(24)28/h4-19,31H,1-3H3. The monoisotopic (exact) mass is 402 g/mol. The molecule has 0 radical (unpaired) electrons. The van der Waals surface area contributed by atoms with Gasteiger partial charge in [0.05, 0.1) is 0 Å². The highest BCUT2D eigenvalue weighted by Gasteiger charge is 2.17. The van der Waals surface area contributed by atoms with Crippen LogP contribution in [0.1, 0.15) is 30.9 Å². The minimum absolute atomic E-state index is 0.296. The highest BCUT2D eigenvalue weighted by atomic mass is 16.3. The summed E-state index contributed by atoms with van der Waals surface area (Å²) < 4.78 is 0. The summed E-state index contributed by atoms with van der Waals surface area (Å²) in [6.07, 6.45) is 0. The Morgan fingerprint density at radius 3 is 2.03 bits per heavy atom. The van der Waals surface area contributed by atoms with Crippen molar-refractivity contribution in [3.63, 3.8) is 0 Å². The summed E-state index contributed by atoms with van der Waals surface area (Å²) >= 11 is 0. The lowest BCUT2D eigenvalue weighted by Crippen LogP contribution is -1.98. The van der Waals surface area contributed by atoms with Crippen molar-refractivity contribution in [2.45, 2.75) is 26.7 Å². The SMILES string of the molecule is Cc1c(-c2cccc3cc4ccccc4cc23)ccc(C(C)C)c1-c1ccc(O)cc1. The predicted molar refractivity (Wildman–Crippen MR) is 133 cm³/mol. The second-order valence-electron chi connectivity index (χ2n) is 8.63. The van der Waals surface area contributed by atoms with E-state index < -0.39 is 0 Å². The Hall–Kier alpha value is -3.58. The van der Waals surface area contributed by atoms with Crippen molar-refractivity contribution in [3.8, 4) is 28.0 Å².